The van der Waals surface area contributed by atoms with E-state index in [0.717, 1.165) is 8.95 Å². The highest BCUT2D eigenvalue weighted by Crippen LogP contribution is 2.31. The second-order valence-electron chi connectivity index (χ2n) is 5.41. The number of ketones is 2. The minimum absolute atomic E-state index is 0.215. The van der Waals surface area contributed by atoms with Crippen LogP contribution in [-0.2, 0) is 0 Å². The summed E-state index contributed by atoms with van der Waals surface area (Å²) in [6.45, 7) is 0. The molecule has 0 atom stereocenters. The van der Waals surface area contributed by atoms with Crippen molar-refractivity contribution in [1.82, 2.24) is 0 Å². The molecule has 0 aliphatic rings. The Bertz CT molecular complexity index is 946. The highest BCUT2D eigenvalue weighted by atomic mass is 79.9. The van der Waals surface area contributed by atoms with E-state index in [4.69, 9.17) is 0 Å². The number of carbonyl (C=O) groups is 2. The Morgan fingerprint density at radius 3 is 1.23 bits per heavy atom. The van der Waals surface area contributed by atoms with Gasteiger partial charge in [-0.15, -0.1) is 0 Å². The number of rotatable bonds is 4. The van der Waals surface area contributed by atoms with E-state index in [1.807, 2.05) is 12.1 Å². The molecule has 0 aliphatic carbocycles. The Morgan fingerprint density at radius 1 is 0.500 bits per heavy atom. The van der Waals surface area contributed by atoms with E-state index >= 15 is 0 Å². The van der Waals surface area contributed by atoms with Crippen LogP contribution in [0.4, 0.5) is 0 Å². The van der Waals surface area contributed by atoms with E-state index < -0.39 is 0 Å². The second-order valence-corrected chi connectivity index (χ2v) is 8.70. The standard InChI is InChI=1S/C20H10Br4O2/c21-15-9-3-7-13(17(15)23)19(25)11-5-1-2-6-12(11)20(26)14-8-4-10-16(22)18(14)24/h1-10H. The van der Waals surface area contributed by atoms with Crippen molar-refractivity contribution in [3.63, 3.8) is 0 Å². The molecule has 0 bridgehead atoms. The Balaban J connectivity index is 2.12. The summed E-state index contributed by atoms with van der Waals surface area (Å²) in [4.78, 5) is 26.2. The number of carbonyl (C=O) groups excluding carboxylic acids is 2. The van der Waals surface area contributed by atoms with E-state index in [-0.39, 0.29) is 11.6 Å². The lowest BCUT2D eigenvalue weighted by Gasteiger charge is -2.11. The molecule has 0 fully saturated rings. The van der Waals surface area contributed by atoms with Gasteiger partial charge in [-0.25, -0.2) is 0 Å². The lowest BCUT2D eigenvalue weighted by atomic mass is 9.93. The quantitative estimate of drug-likeness (QED) is 0.297. The van der Waals surface area contributed by atoms with Crippen LogP contribution >= 0.6 is 63.7 Å². The first-order valence-electron chi connectivity index (χ1n) is 7.48. The molecule has 0 unspecified atom stereocenters. The Kier molecular flexibility index (Phi) is 6.28. The molecule has 0 N–H and O–H groups in total. The molecule has 0 saturated carbocycles. The summed E-state index contributed by atoms with van der Waals surface area (Å²) in [5, 5.41) is 0. The molecule has 0 spiro atoms. The van der Waals surface area contributed by atoms with Gasteiger partial charge in [0.15, 0.2) is 11.6 Å². The predicted octanol–water partition coefficient (Wildman–Crippen LogP) is 7.20. The third kappa shape index (κ3) is 3.79. The van der Waals surface area contributed by atoms with Crippen molar-refractivity contribution in [3.05, 3.63) is 101 Å². The summed E-state index contributed by atoms with van der Waals surface area (Å²) in [7, 11) is 0. The molecule has 0 aliphatic heterocycles. The third-order valence-corrected chi connectivity index (χ3v) is 7.90. The molecule has 0 heterocycles. The first kappa shape index (κ1) is 19.7. The van der Waals surface area contributed by atoms with Crippen molar-refractivity contribution in [1.29, 1.82) is 0 Å². The zero-order chi connectivity index (χ0) is 18.8. The first-order valence-corrected chi connectivity index (χ1v) is 10.7. The van der Waals surface area contributed by atoms with Gasteiger partial charge in [-0.2, -0.15) is 0 Å². The molecule has 130 valence electrons. The van der Waals surface area contributed by atoms with Crippen LogP contribution in [0.3, 0.4) is 0 Å². The van der Waals surface area contributed by atoms with Gasteiger partial charge in [-0.1, -0.05) is 36.4 Å². The molecule has 6 heteroatoms. The van der Waals surface area contributed by atoms with Gasteiger partial charge in [0.2, 0.25) is 0 Å². The fourth-order valence-corrected chi connectivity index (χ4v) is 4.15. The van der Waals surface area contributed by atoms with Crippen molar-refractivity contribution in [3.8, 4) is 0 Å². The molecule has 3 aromatic rings. The van der Waals surface area contributed by atoms with Crippen LogP contribution in [0.25, 0.3) is 0 Å². The largest absolute Gasteiger partial charge is 0.289 e. The lowest BCUT2D eigenvalue weighted by molar-refractivity contribution is 0.100. The van der Waals surface area contributed by atoms with Crippen LogP contribution < -0.4 is 0 Å². The average molecular weight is 602 g/mol. The van der Waals surface area contributed by atoms with E-state index in [1.54, 1.807) is 48.5 Å². The lowest BCUT2D eigenvalue weighted by Crippen LogP contribution is -2.12. The van der Waals surface area contributed by atoms with Crippen LogP contribution in [-0.4, -0.2) is 11.6 Å². The zero-order valence-electron chi connectivity index (χ0n) is 13.1. The van der Waals surface area contributed by atoms with Crippen LogP contribution in [0.15, 0.2) is 78.6 Å². The minimum Gasteiger partial charge on any atom is -0.289 e. The maximum atomic E-state index is 13.1. The fraction of sp³-hybridized carbons (Fsp3) is 0. The maximum absolute atomic E-state index is 13.1. The van der Waals surface area contributed by atoms with E-state index in [2.05, 4.69) is 63.7 Å². The first-order chi connectivity index (χ1) is 12.4. The van der Waals surface area contributed by atoms with Gasteiger partial charge in [0.25, 0.3) is 0 Å². The van der Waals surface area contributed by atoms with Crippen LogP contribution in [0, 0.1) is 0 Å². The van der Waals surface area contributed by atoms with E-state index in [9.17, 15) is 9.59 Å². The molecule has 0 amide bonds. The van der Waals surface area contributed by atoms with Crippen LogP contribution in [0.2, 0.25) is 0 Å². The Morgan fingerprint density at radius 2 is 0.846 bits per heavy atom. The van der Waals surface area contributed by atoms with E-state index in [1.165, 1.54) is 0 Å². The molecular formula is C20H10Br4O2. The topological polar surface area (TPSA) is 34.1 Å². The number of hydrogen-bond acceptors (Lipinski definition) is 2. The van der Waals surface area contributed by atoms with Crippen molar-refractivity contribution < 1.29 is 9.59 Å². The van der Waals surface area contributed by atoms with Crippen molar-refractivity contribution in [2.75, 3.05) is 0 Å². The van der Waals surface area contributed by atoms with Crippen molar-refractivity contribution in [2.24, 2.45) is 0 Å². The molecule has 26 heavy (non-hydrogen) atoms. The molecule has 2 nitrogen and oxygen atoms in total. The van der Waals surface area contributed by atoms with Gasteiger partial charge in [0.05, 0.1) is 0 Å². The molecule has 0 radical (unpaired) electrons. The van der Waals surface area contributed by atoms with E-state index in [0.29, 0.717) is 31.2 Å². The molecule has 0 saturated heterocycles. The van der Waals surface area contributed by atoms with Gasteiger partial charge in [0.1, 0.15) is 0 Å². The predicted molar refractivity (Wildman–Crippen MR) is 117 cm³/mol. The fourth-order valence-electron chi connectivity index (χ4n) is 2.53. The Hall–Kier alpha value is -1.08. The number of benzene rings is 3. The summed E-state index contributed by atoms with van der Waals surface area (Å²) < 4.78 is 2.88. The van der Waals surface area contributed by atoms with Gasteiger partial charge < -0.3 is 0 Å². The molecule has 3 aromatic carbocycles. The highest BCUT2D eigenvalue weighted by molar-refractivity contribution is 9.13. The summed E-state index contributed by atoms with van der Waals surface area (Å²) in [5.74, 6) is -0.429. The smallest absolute Gasteiger partial charge is 0.194 e. The molecule has 3 rings (SSSR count). The van der Waals surface area contributed by atoms with Crippen molar-refractivity contribution >= 4 is 75.3 Å². The summed E-state index contributed by atoms with van der Waals surface area (Å²) in [5.41, 5.74) is 1.72. The number of halogens is 4. The van der Waals surface area contributed by atoms with Crippen LogP contribution in [0.5, 0.6) is 0 Å². The van der Waals surface area contributed by atoms with Gasteiger partial charge in [0, 0.05) is 40.1 Å². The maximum Gasteiger partial charge on any atom is 0.194 e. The molecular weight excluding hydrogens is 592 g/mol. The number of hydrogen-bond donors (Lipinski definition) is 0. The zero-order valence-corrected chi connectivity index (χ0v) is 19.4. The van der Waals surface area contributed by atoms with Gasteiger partial charge in [-0.05, 0) is 88.0 Å². The summed E-state index contributed by atoms with van der Waals surface area (Å²) in [6, 6.07) is 17.6. The van der Waals surface area contributed by atoms with Gasteiger partial charge >= 0.3 is 0 Å². The minimum atomic E-state index is -0.215. The highest BCUT2D eigenvalue weighted by Gasteiger charge is 2.22. The van der Waals surface area contributed by atoms with Crippen LogP contribution in [0.1, 0.15) is 31.8 Å². The molecule has 0 aromatic heterocycles. The second kappa shape index (κ2) is 8.30. The summed E-state index contributed by atoms with van der Waals surface area (Å²) >= 11 is 13.7. The van der Waals surface area contributed by atoms with Gasteiger partial charge in [-0.3, -0.25) is 9.59 Å². The third-order valence-electron chi connectivity index (χ3n) is 3.81. The van der Waals surface area contributed by atoms with Crippen molar-refractivity contribution in [2.45, 2.75) is 0 Å². The monoisotopic (exact) mass is 598 g/mol. The average Bonchev–Trinajstić information content (AvgIpc) is 2.65. The summed E-state index contributed by atoms with van der Waals surface area (Å²) in [6.07, 6.45) is 0. The SMILES string of the molecule is O=C(c1ccccc1C(=O)c1cccc(Br)c1Br)c1cccc(Br)c1Br. The Labute approximate surface area is 184 Å². The normalized spacial score (nSPS) is 10.6.